The Bertz CT molecular complexity index is 428. The van der Waals surface area contributed by atoms with Gasteiger partial charge in [-0.3, -0.25) is 4.79 Å². The van der Waals surface area contributed by atoms with Crippen LogP contribution in [0.5, 0.6) is 0 Å². The molecule has 1 heterocycles. The Labute approximate surface area is 119 Å². The van der Waals surface area contributed by atoms with Crippen LogP contribution >= 0.6 is 43.2 Å². The van der Waals surface area contributed by atoms with Gasteiger partial charge < -0.3 is 16.3 Å². The van der Waals surface area contributed by atoms with Gasteiger partial charge in [-0.05, 0) is 44.3 Å². The molecule has 0 saturated heterocycles. The fourth-order valence-corrected chi connectivity index (χ4v) is 3.08. The summed E-state index contributed by atoms with van der Waals surface area (Å²) >= 11 is 7.93. The first kappa shape index (κ1) is 14.5. The molecule has 0 bridgehead atoms. The first-order chi connectivity index (χ1) is 7.99. The molecule has 4 N–H and O–H groups in total. The van der Waals surface area contributed by atoms with E-state index in [1.807, 2.05) is 6.92 Å². The van der Waals surface area contributed by atoms with Crippen LogP contribution in [0, 0.1) is 0 Å². The Morgan fingerprint density at radius 3 is 2.76 bits per heavy atom. The SMILES string of the molecule is CCC(NC(=O)c1cc(Br)c(Br)s1)C(N)=NO. The first-order valence-electron chi connectivity index (χ1n) is 4.72. The molecule has 94 valence electrons. The molecule has 0 fully saturated rings. The number of hydrogen-bond acceptors (Lipinski definition) is 4. The quantitative estimate of drug-likeness (QED) is 0.322. The van der Waals surface area contributed by atoms with E-state index in [1.165, 1.54) is 11.3 Å². The lowest BCUT2D eigenvalue weighted by atomic mass is 10.2. The van der Waals surface area contributed by atoms with Crippen LogP contribution in [0.2, 0.25) is 0 Å². The van der Waals surface area contributed by atoms with Crippen molar-refractivity contribution in [2.24, 2.45) is 10.9 Å². The van der Waals surface area contributed by atoms with E-state index >= 15 is 0 Å². The van der Waals surface area contributed by atoms with Gasteiger partial charge in [-0.25, -0.2) is 0 Å². The average Bonchev–Trinajstić information content (AvgIpc) is 2.65. The monoisotopic (exact) mass is 383 g/mol. The van der Waals surface area contributed by atoms with E-state index in [0.29, 0.717) is 11.3 Å². The van der Waals surface area contributed by atoms with Gasteiger partial charge in [0.2, 0.25) is 0 Å². The molecule has 1 rings (SSSR count). The van der Waals surface area contributed by atoms with Gasteiger partial charge in [-0.15, -0.1) is 11.3 Å². The molecule has 1 aromatic rings. The maximum atomic E-state index is 11.9. The number of carbonyl (C=O) groups excluding carboxylic acids is 1. The molecule has 0 aliphatic carbocycles. The molecule has 0 aromatic carbocycles. The van der Waals surface area contributed by atoms with E-state index in [9.17, 15) is 4.79 Å². The van der Waals surface area contributed by atoms with E-state index in [4.69, 9.17) is 10.9 Å². The number of rotatable bonds is 4. The molecule has 0 radical (unpaired) electrons. The van der Waals surface area contributed by atoms with Gasteiger partial charge in [0.1, 0.15) is 0 Å². The molecule has 8 heteroatoms. The Kier molecular flexibility index (Phi) is 5.41. The second-order valence-corrected chi connectivity index (χ2v) is 6.42. The number of oxime groups is 1. The Hall–Kier alpha value is -0.600. The summed E-state index contributed by atoms with van der Waals surface area (Å²) < 4.78 is 1.67. The summed E-state index contributed by atoms with van der Waals surface area (Å²) in [5.41, 5.74) is 5.46. The second kappa shape index (κ2) is 6.36. The zero-order valence-corrected chi connectivity index (χ0v) is 12.9. The molecule has 0 saturated carbocycles. The zero-order chi connectivity index (χ0) is 13.0. The van der Waals surface area contributed by atoms with E-state index in [2.05, 4.69) is 42.3 Å². The lowest BCUT2D eigenvalue weighted by molar-refractivity contribution is 0.0949. The highest BCUT2D eigenvalue weighted by Crippen LogP contribution is 2.32. The predicted molar refractivity (Wildman–Crippen MR) is 74.7 cm³/mol. The molecule has 1 atom stereocenters. The number of nitrogens with two attached hydrogens (primary N) is 1. The van der Waals surface area contributed by atoms with Gasteiger partial charge in [-0.1, -0.05) is 12.1 Å². The average molecular weight is 385 g/mol. The Morgan fingerprint density at radius 2 is 2.35 bits per heavy atom. The standard InChI is InChI=1S/C9H11Br2N3O2S/c1-2-5(8(12)14-16)13-9(15)6-3-4(10)7(11)17-6/h3,5,16H,2H2,1H3,(H2,12,14)(H,13,15). The Balaban J connectivity index is 2.78. The number of nitrogens with zero attached hydrogens (tertiary/aromatic N) is 1. The summed E-state index contributed by atoms with van der Waals surface area (Å²) in [6.07, 6.45) is 0.551. The number of amides is 1. The second-order valence-electron chi connectivity index (χ2n) is 3.19. The number of amidine groups is 1. The van der Waals surface area contributed by atoms with E-state index < -0.39 is 6.04 Å². The van der Waals surface area contributed by atoms with Crippen LogP contribution in [-0.2, 0) is 0 Å². The van der Waals surface area contributed by atoms with E-state index in [1.54, 1.807) is 6.07 Å². The molecule has 0 aliphatic heterocycles. The van der Waals surface area contributed by atoms with Crippen molar-refractivity contribution in [3.05, 3.63) is 19.2 Å². The molecular weight excluding hydrogens is 374 g/mol. The summed E-state index contributed by atoms with van der Waals surface area (Å²) in [5, 5.41) is 14.1. The van der Waals surface area contributed by atoms with Crippen LogP contribution in [-0.4, -0.2) is 23.0 Å². The number of halogens is 2. The molecule has 5 nitrogen and oxygen atoms in total. The minimum Gasteiger partial charge on any atom is -0.409 e. The van der Waals surface area contributed by atoms with Crippen LogP contribution < -0.4 is 11.1 Å². The Morgan fingerprint density at radius 1 is 1.71 bits per heavy atom. The number of nitrogens with one attached hydrogen (secondary N) is 1. The van der Waals surface area contributed by atoms with Crippen LogP contribution in [0.1, 0.15) is 23.0 Å². The zero-order valence-electron chi connectivity index (χ0n) is 8.91. The van der Waals surface area contributed by atoms with Crippen molar-refractivity contribution in [1.29, 1.82) is 0 Å². The van der Waals surface area contributed by atoms with Gasteiger partial charge in [0.25, 0.3) is 5.91 Å². The third-order valence-corrected chi connectivity index (χ3v) is 5.31. The smallest absolute Gasteiger partial charge is 0.262 e. The molecule has 17 heavy (non-hydrogen) atoms. The third-order valence-electron chi connectivity index (χ3n) is 2.06. The molecule has 1 unspecified atom stereocenters. The number of thiophene rings is 1. The van der Waals surface area contributed by atoms with Crippen LogP contribution in [0.15, 0.2) is 19.5 Å². The lowest BCUT2D eigenvalue weighted by Crippen LogP contribution is -2.43. The van der Waals surface area contributed by atoms with Gasteiger partial charge in [-0.2, -0.15) is 0 Å². The highest BCUT2D eigenvalue weighted by Gasteiger charge is 2.18. The van der Waals surface area contributed by atoms with E-state index in [0.717, 1.165) is 8.26 Å². The van der Waals surface area contributed by atoms with Gasteiger partial charge in [0, 0.05) is 4.47 Å². The summed E-state index contributed by atoms with van der Waals surface area (Å²) in [6.45, 7) is 1.84. The third kappa shape index (κ3) is 3.68. The largest absolute Gasteiger partial charge is 0.409 e. The molecule has 1 amide bonds. The summed E-state index contributed by atoms with van der Waals surface area (Å²) in [6, 6.07) is 1.25. The minimum atomic E-state index is -0.466. The van der Waals surface area contributed by atoms with Crippen molar-refractivity contribution in [3.8, 4) is 0 Å². The highest BCUT2D eigenvalue weighted by molar-refractivity contribution is 9.13. The first-order valence-corrected chi connectivity index (χ1v) is 7.13. The van der Waals surface area contributed by atoms with Crippen molar-refractivity contribution >= 4 is 54.9 Å². The van der Waals surface area contributed by atoms with Gasteiger partial charge >= 0.3 is 0 Å². The van der Waals surface area contributed by atoms with Crippen molar-refractivity contribution in [2.45, 2.75) is 19.4 Å². The summed E-state index contributed by atoms with van der Waals surface area (Å²) in [7, 11) is 0. The number of hydrogen-bond donors (Lipinski definition) is 3. The van der Waals surface area contributed by atoms with Crippen molar-refractivity contribution in [3.63, 3.8) is 0 Å². The predicted octanol–water partition coefficient (Wildman–Crippen LogP) is 2.53. The van der Waals surface area contributed by atoms with Gasteiger partial charge in [0.05, 0.1) is 14.7 Å². The molecule has 0 spiro atoms. The van der Waals surface area contributed by atoms with Crippen molar-refractivity contribution in [1.82, 2.24) is 5.32 Å². The van der Waals surface area contributed by atoms with Crippen LogP contribution in [0.25, 0.3) is 0 Å². The molecule has 0 aliphatic rings. The van der Waals surface area contributed by atoms with E-state index in [-0.39, 0.29) is 11.7 Å². The lowest BCUT2D eigenvalue weighted by Gasteiger charge is -2.14. The van der Waals surface area contributed by atoms with Gasteiger partial charge in [0.15, 0.2) is 5.84 Å². The van der Waals surface area contributed by atoms with Crippen molar-refractivity contribution in [2.75, 3.05) is 0 Å². The summed E-state index contributed by atoms with van der Waals surface area (Å²) in [5.74, 6) is -0.254. The normalized spacial score (nSPS) is 13.5. The fourth-order valence-electron chi connectivity index (χ4n) is 1.14. The molecule has 1 aromatic heterocycles. The summed E-state index contributed by atoms with van der Waals surface area (Å²) in [4.78, 5) is 12.4. The maximum Gasteiger partial charge on any atom is 0.262 e. The number of carbonyl (C=O) groups is 1. The minimum absolute atomic E-state index is 0.00413. The fraction of sp³-hybridized carbons (Fsp3) is 0.333. The topological polar surface area (TPSA) is 87.7 Å². The molecular formula is C9H11Br2N3O2S. The van der Waals surface area contributed by atoms with Crippen LogP contribution in [0.3, 0.4) is 0 Å². The van der Waals surface area contributed by atoms with Crippen molar-refractivity contribution < 1.29 is 10.0 Å². The maximum absolute atomic E-state index is 11.9. The van der Waals surface area contributed by atoms with Crippen LogP contribution in [0.4, 0.5) is 0 Å². The highest BCUT2D eigenvalue weighted by atomic mass is 79.9.